The Morgan fingerprint density at radius 3 is 2.33 bits per heavy atom. The summed E-state index contributed by atoms with van der Waals surface area (Å²) in [5, 5.41) is 0. The first-order valence-corrected chi connectivity index (χ1v) is 6.62. The van der Waals surface area contributed by atoms with Crippen molar-refractivity contribution in [1.29, 1.82) is 0 Å². The third-order valence-corrected chi connectivity index (χ3v) is 3.01. The van der Waals surface area contributed by atoms with Crippen molar-refractivity contribution in [2.75, 3.05) is 41.3 Å². The fourth-order valence-electron chi connectivity index (χ4n) is 2.22. The van der Waals surface area contributed by atoms with Crippen LogP contribution in [0, 0.1) is 0 Å². The Labute approximate surface area is 129 Å². The monoisotopic (exact) mass is 369 g/mol. The summed E-state index contributed by atoms with van der Waals surface area (Å²) in [4.78, 5) is 8.73. The van der Waals surface area contributed by atoms with Crippen LogP contribution in [-0.2, 0) is 4.74 Å². The Morgan fingerprint density at radius 2 is 1.83 bits per heavy atom. The highest BCUT2D eigenvalue weighted by Crippen LogP contribution is 2.16. The molecule has 1 atom stereocenters. The second-order valence-corrected chi connectivity index (χ2v) is 5.10. The SMILES string of the molecule is CN(C)C(=NCCCC1CCCCO1)N(C)C.I. The molecular formula is C13H28IN3O. The van der Waals surface area contributed by atoms with E-state index in [1.165, 1.54) is 19.3 Å². The van der Waals surface area contributed by atoms with Crippen molar-refractivity contribution >= 4 is 29.9 Å². The van der Waals surface area contributed by atoms with E-state index in [-0.39, 0.29) is 24.0 Å². The third-order valence-electron chi connectivity index (χ3n) is 3.01. The van der Waals surface area contributed by atoms with Crippen LogP contribution in [0.25, 0.3) is 0 Å². The second kappa shape index (κ2) is 9.83. The number of rotatable bonds is 4. The zero-order valence-corrected chi connectivity index (χ0v) is 14.5. The van der Waals surface area contributed by atoms with Gasteiger partial charge in [0.25, 0.3) is 0 Å². The van der Waals surface area contributed by atoms with E-state index >= 15 is 0 Å². The summed E-state index contributed by atoms with van der Waals surface area (Å²) in [6.45, 7) is 1.85. The molecule has 1 aliphatic heterocycles. The van der Waals surface area contributed by atoms with Crippen LogP contribution in [0.3, 0.4) is 0 Å². The highest BCUT2D eigenvalue weighted by atomic mass is 127. The van der Waals surface area contributed by atoms with E-state index in [4.69, 9.17) is 4.74 Å². The maximum atomic E-state index is 5.71. The normalized spacial score (nSPS) is 18.8. The molecule has 0 aliphatic carbocycles. The summed E-state index contributed by atoms with van der Waals surface area (Å²) in [5.41, 5.74) is 0. The van der Waals surface area contributed by atoms with E-state index in [9.17, 15) is 0 Å². The van der Waals surface area contributed by atoms with E-state index < -0.39 is 0 Å². The molecule has 0 N–H and O–H groups in total. The number of ether oxygens (including phenoxy) is 1. The maximum Gasteiger partial charge on any atom is 0.195 e. The molecular weight excluding hydrogens is 341 g/mol. The highest BCUT2D eigenvalue weighted by molar-refractivity contribution is 14.0. The van der Waals surface area contributed by atoms with Crippen LogP contribution in [0.2, 0.25) is 0 Å². The van der Waals surface area contributed by atoms with Gasteiger partial charge in [-0.1, -0.05) is 0 Å². The fraction of sp³-hybridized carbons (Fsp3) is 0.923. The lowest BCUT2D eigenvalue weighted by Crippen LogP contribution is -2.35. The van der Waals surface area contributed by atoms with Crippen LogP contribution in [-0.4, -0.2) is 63.2 Å². The quantitative estimate of drug-likeness (QED) is 0.330. The number of aliphatic imine (C=N–C) groups is 1. The zero-order chi connectivity index (χ0) is 12.7. The molecule has 0 aromatic carbocycles. The van der Waals surface area contributed by atoms with Gasteiger partial charge in [-0.05, 0) is 32.1 Å². The molecule has 1 saturated heterocycles. The molecule has 1 rings (SSSR count). The van der Waals surface area contributed by atoms with Crippen molar-refractivity contribution in [3.05, 3.63) is 0 Å². The standard InChI is InChI=1S/C13H27N3O.HI/c1-15(2)13(16(3)4)14-10-7-9-12-8-5-6-11-17-12;/h12H,5-11H2,1-4H3;1H. The Kier molecular flexibility index (Phi) is 9.81. The molecule has 0 aromatic heterocycles. The first-order valence-electron chi connectivity index (χ1n) is 6.62. The van der Waals surface area contributed by atoms with Crippen molar-refractivity contribution in [1.82, 2.24) is 9.80 Å². The summed E-state index contributed by atoms with van der Waals surface area (Å²) in [7, 11) is 8.12. The van der Waals surface area contributed by atoms with Gasteiger partial charge in [0.2, 0.25) is 0 Å². The molecule has 1 aliphatic rings. The summed E-state index contributed by atoms with van der Waals surface area (Å²) < 4.78 is 5.71. The molecule has 1 unspecified atom stereocenters. The number of hydrogen-bond acceptors (Lipinski definition) is 2. The average molecular weight is 369 g/mol. The van der Waals surface area contributed by atoms with Crippen LogP contribution in [0.4, 0.5) is 0 Å². The maximum absolute atomic E-state index is 5.71. The summed E-state index contributed by atoms with van der Waals surface area (Å²) in [6, 6.07) is 0. The van der Waals surface area contributed by atoms with E-state index in [0.717, 1.165) is 32.0 Å². The van der Waals surface area contributed by atoms with Crippen molar-refractivity contribution in [2.24, 2.45) is 4.99 Å². The van der Waals surface area contributed by atoms with Crippen LogP contribution in [0.5, 0.6) is 0 Å². The minimum atomic E-state index is 0. The van der Waals surface area contributed by atoms with E-state index in [0.29, 0.717) is 6.10 Å². The van der Waals surface area contributed by atoms with Gasteiger partial charge in [-0.3, -0.25) is 4.99 Å². The lowest BCUT2D eigenvalue weighted by molar-refractivity contribution is 0.0105. The molecule has 5 heteroatoms. The number of halogens is 1. The molecule has 0 amide bonds. The van der Waals surface area contributed by atoms with Gasteiger partial charge < -0.3 is 14.5 Å². The largest absolute Gasteiger partial charge is 0.378 e. The minimum absolute atomic E-state index is 0. The molecule has 0 radical (unpaired) electrons. The van der Waals surface area contributed by atoms with E-state index in [1.54, 1.807) is 0 Å². The third kappa shape index (κ3) is 6.78. The lowest BCUT2D eigenvalue weighted by atomic mass is 10.1. The van der Waals surface area contributed by atoms with Crippen LogP contribution < -0.4 is 0 Å². The van der Waals surface area contributed by atoms with Gasteiger partial charge >= 0.3 is 0 Å². The smallest absolute Gasteiger partial charge is 0.195 e. The number of nitrogens with zero attached hydrogens (tertiary/aromatic N) is 3. The summed E-state index contributed by atoms with van der Waals surface area (Å²) >= 11 is 0. The lowest BCUT2D eigenvalue weighted by Gasteiger charge is -2.23. The molecule has 0 aromatic rings. The number of guanidine groups is 1. The first-order chi connectivity index (χ1) is 8.11. The van der Waals surface area contributed by atoms with Gasteiger partial charge in [-0.15, -0.1) is 24.0 Å². The van der Waals surface area contributed by atoms with Crippen molar-refractivity contribution in [3.63, 3.8) is 0 Å². The molecule has 1 heterocycles. The fourth-order valence-corrected chi connectivity index (χ4v) is 2.22. The van der Waals surface area contributed by atoms with Crippen LogP contribution >= 0.6 is 24.0 Å². The van der Waals surface area contributed by atoms with E-state index in [1.807, 2.05) is 28.2 Å². The molecule has 4 nitrogen and oxygen atoms in total. The van der Waals surface area contributed by atoms with Crippen LogP contribution in [0.1, 0.15) is 32.1 Å². The predicted octanol–water partition coefficient (Wildman–Crippen LogP) is 2.43. The summed E-state index contributed by atoms with van der Waals surface area (Å²) in [5.74, 6) is 1.04. The molecule has 0 bridgehead atoms. The Morgan fingerprint density at radius 1 is 1.17 bits per heavy atom. The average Bonchev–Trinajstić information content (AvgIpc) is 2.29. The predicted molar refractivity (Wildman–Crippen MR) is 87.9 cm³/mol. The van der Waals surface area contributed by atoms with E-state index in [2.05, 4.69) is 14.8 Å². The molecule has 18 heavy (non-hydrogen) atoms. The molecule has 0 saturated carbocycles. The van der Waals surface area contributed by atoms with Crippen molar-refractivity contribution in [3.8, 4) is 0 Å². The van der Waals surface area contributed by atoms with Gasteiger partial charge in [0.15, 0.2) is 5.96 Å². The zero-order valence-electron chi connectivity index (χ0n) is 12.2. The summed E-state index contributed by atoms with van der Waals surface area (Å²) in [6.07, 6.45) is 6.56. The van der Waals surface area contributed by atoms with Gasteiger partial charge in [-0.2, -0.15) is 0 Å². The Hall–Kier alpha value is -0.0400. The first kappa shape index (κ1) is 18.0. The highest BCUT2D eigenvalue weighted by Gasteiger charge is 2.13. The topological polar surface area (TPSA) is 28.1 Å². The Balaban J connectivity index is 0.00000289. The van der Waals surface area contributed by atoms with Gasteiger partial charge in [0, 0.05) is 41.3 Å². The number of hydrogen-bond donors (Lipinski definition) is 0. The van der Waals surface area contributed by atoms with Gasteiger partial charge in [-0.25, -0.2) is 0 Å². The van der Waals surface area contributed by atoms with Crippen molar-refractivity contribution in [2.45, 2.75) is 38.2 Å². The van der Waals surface area contributed by atoms with Gasteiger partial charge in [0.05, 0.1) is 6.10 Å². The van der Waals surface area contributed by atoms with Crippen molar-refractivity contribution < 1.29 is 4.74 Å². The Bertz CT molecular complexity index is 228. The molecule has 0 spiro atoms. The molecule has 108 valence electrons. The molecule has 1 fully saturated rings. The minimum Gasteiger partial charge on any atom is -0.378 e. The van der Waals surface area contributed by atoms with Crippen LogP contribution in [0.15, 0.2) is 4.99 Å². The van der Waals surface area contributed by atoms with Gasteiger partial charge in [0.1, 0.15) is 0 Å². The second-order valence-electron chi connectivity index (χ2n) is 5.10.